The standard InChI is InChI=1S/C20H29N5S.HI/c1-3-25-12-4-5-18(25)13-23-20(21)22-11-10-16-6-8-17(9-7-16)19-14-26-15(2)24-19;/h6-9,14,18H,3-5,10-13H2,1-2H3,(H3,21,22,23);1H. The Bertz CT molecular complexity index is 728. The van der Waals surface area contributed by atoms with E-state index in [9.17, 15) is 0 Å². The first-order valence-corrected chi connectivity index (χ1v) is 10.3. The number of nitrogens with two attached hydrogens (primary N) is 1. The Kier molecular flexibility index (Phi) is 8.98. The van der Waals surface area contributed by atoms with E-state index in [1.54, 1.807) is 11.3 Å². The molecule has 2 heterocycles. The molecule has 0 amide bonds. The lowest BCUT2D eigenvalue weighted by molar-refractivity contribution is 0.273. The van der Waals surface area contributed by atoms with Gasteiger partial charge in [0.05, 0.1) is 17.2 Å². The summed E-state index contributed by atoms with van der Waals surface area (Å²) in [6, 6.07) is 9.16. The first-order valence-electron chi connectivity index (χ1n) is 9.45. The Morgan fingerprint density at radius 1 is 1.37 bits per heavy atom. The SMILES string of the molecule is CCN1CCCC1CN=C(N)NCCc1ccc(-c2csc(C)n2)cc1.I. The number of aromatic nitrogens is 1. The molecular formula is C20H30IN5S. The van der Waals surface area contributed by atoms with Crippen molar-refractivity contribution in [2.75, 3.05) is 26.2 Å². The van der Waals surface area contributed by atoms with Crippen molar-refractivity contribution >= 4 is 41.3 Å². The van der Waals surface area contributed by atoms with Crippen molar-refractivity contribution in [3.05, 3.63) is 40.2 Å². The number of nitrogens with zero attached hydrogens (tertiary/aromatic N) is 3. The van der Waals surface area contributed by atoms with Gasteiger partial charge in [0, 0.05) is 23.5 Å². The minimum absolute atomic E-state index is 0. The van der Waals surface area contributed by atoms with Crippen LogP contribution < -0.4 is 11.1 Å². The fraction of sp³-hybridized carbons (Fsp3) is 0.500. The lowest BCUT2D eigenvalue weighted by Crippen LogP contribution is -2.36. The molecule has 1 saturated heterocycles. The molecule has 1 aromatic carbocycles. The summed E-state index contributed by atoms with van der Waals surface area (Å²) < 4.78 is 0. The van der Waals surface area contributed by atoms with E-state index in [4.69, 9.17) is 5.73 Å². The van der Waals surface area contributed by atoms with Crippen LogP contribution in [-0.4, -0.2) is 48.1 Å². The minimum atomic E-state index is 0. The molecule has 1 fully saturated rings. The molecule has 27 heavy (non-hydrogen) atoms. The predicted octanol–water partition coefficient (Wildman–Crippen LogP) is 3.67. The van der Waals surface area contributed by atoms with Crippen molar-refractivity contribution in [2.24, 2.45) is 10.7 Å². The molecule has 0 radical (unpaired) electrons. The highest BCUT2D eigenvalue weighted by Gasteiger charge is 2.22. The van der Waals surface area contributed by atoms with Crippen molar-refractivity contribution in [2.45, 2.75) is 39.2 Å². The number of likely N-dealkylation sites (N-methyl/N-ethyl adjacent to an activating group) is 1. The largest absolute Gasteiger partial charge is 0.370 e. The zero-order valence-electron chi connectivity index (χ0n) is 16.1. The minimum Gasteiger partial charge on any atom is -0.370 e. The molecule has 1 unspecified atom stereocenters. The quantitative estimate of drug-likeness (QED) is 0.347. The van der Waals surface area contributed by atoms with Crippen LogP contribution in [0.4, 0.5) is 0 Å². The van der Waals surface area contributed by atoms with Gasteiger partial charge in [-0.15, -0.1) is 35.3 Å². The third kappa shape index (κ3) is 6.43. The van der Waals surface area contributed by atoms with Crippen LogP contribution in [0.1, 0.15) is 30.3 Å². The number of benzene rings is 1. The van der Waals surface area contributed by atoms with E-state index >= 15 is 0 Å². The van der Waals surface area contributed by atoms with Crippen LogP contribution in [0.15, 0.2) is 34.6 Å². The van der Waals surface area contributed by atoms with Crippen molar-refractivity contribution in [3.8, 4) is 11.3 Å². The molecule has 5 nitrogen and oxygen atoms in total. The van der Waals surface area contributed by atoms with E-state index in [0.717, 1.165) is 36.8 Å². The molecule has 1 aliphatic heterocycles. The molecular weight excluding hydrogens is 469 g/mol. The third-order valence-corrected chi connectivity index (χ3v) is 5.74. The molecule has 2 aromatic rings. The first kappa shape index (κ1) is 22.1. The Morgan fingerprint density at radius 3 is 2.81 bits per heavy atom. The summed E-state index contributed by atoms with van der Waals surface area (Å²) in [6.45, 7) is 8.14. The van der Waals surface area contributed by atoms with Gasteiger partial charge in [-0.3, -0.25) is 9.89 Å². The van der Waals surface area contributed by atoms with Crippen LogP contribution in [0.25, 0.3) is 11.3 Å². The summed E-state index contributed by atoms with van der Waals surface area (Å²) in [5.74, 6) is 0.558. The highest BCUT2D eigenvalue weighted by Crippen LogP contribution is 2.21. The molecule has 1 atom stereocenters. The molecule has 0 aliphatic carbocycles. The predicted molar refractivity (Wildman–Crippen MR) is 126 cm³/mol. The maximum atomic E-state index is 6.02. The maximum absolute atomic E-state index is 6.02. The average Bonchev–Trinajstić information content (AvgIpc) is 3.29. The van der Waals surface area contributed by atoms with Crippen LogP contribution in [-0.2, 0) is 6.42 Å². The van der Waals surface area contributed by atoms with Crippen LogP contribution >= 0.6 is 35.3 Å². The molecule has 0 saturated carbocycles. The van der Waals surface area contributed by atoms with Crippen LogP contribution in [0.3, 0.4) is 0 Å². The van der Waals surface area contributed by atoms with E-state index in [1.807, 2.05) is 6.92 Å². The number of guanidine groups is 1. The van der Waals surface area contributed by atoms with E-state index in [0.29, 0.717) is 12.0 Å². The lowest BCUT2D eigenvalue weighted by atomic mass is 10.1. The second kappa shape index (κ2) is 11.0. The lowest BCUT2D eigenvalue weighted by Gasteiger charge is -2.20. The number of likely N-dealkylation sites (tertiary alicyclic amines) is 1. The van der Waals surface area contributed by atoms with Crippen LogP contribution in [0.2, 0.25) is 0 Å². The van der Waals surface area contributed by atoms with Crippen molar-refractivity contribution in [1.29, 1.82) is 0 Å². The summed E-state index contributed by atoms with van der Waals surface area (Å²) in [5, 5.41) is 6.44. The molecule has 1 aliphatic rings. The number of rotatable bonds is 7. The van der Waals surface area contributed by atoms with Gasteiger partial charge in [0.25, 0.3) is 0 Å². The van der Waals surface area contributed by atoms with Gasteiger partial charge in [-0.1, -0.05) is 31.2 Å². The Hall–Kier alpha value is -1.19. The average molecular weight is 499 g/mol. The number of hydrogen-bond donors (Lipinski definition) is 2. The second-order valence-electron chi connectivity index (χ2n) is 6.78. The fourth-order valence-corrected chi connectivity index (χ4v) is 4.07. The summed E-state index contributed by atoms with van der Waals surface area (Å²) in [6.07, 6.45) is 3.43. The summed E-state index contributed by atoms with van der Waals surface area (Å²) in [7, 11) is 0. The van der Waals surface area contributed by atoms with Crippen LogP contribution in [0, 0.1) is 6.92 Å². The van der Waals surface area contributed by atoms with Gasteiger partial charge >= 0.3 is 0 Å². The smallest absolute Gasteiger partial charge is 0.188 e. The molecule has 0 spiro atoms. The molecule has 3 rings (SSSR count). The van der Waals surface area contributed by atoms with Gasteiger partial charge in [0.15, 0.2) is 5.96 Å². The zero-order chi connectivity index (χ0) is 18.4. The summed E-state index contributed by atoms with van der Waals surface area (Å²) in [4.78, 5) is 11.5. The molecule has 148 valence electrons. The number of thiazole rings is 1. The number of hydrogen-bond acceptors (Lipinski definition) is 4. The molecule has 0 bridgehead atoms. The van der Waals surface area contributed by atoms with Gasteiger partial charge in [-0.05, 0) is 44.8 Å². The molecule has 7 heteroatoms. The van der Waals surface area contributed by atoms with Gasteiger partial charge < -0.3 is 11.1 Å². The normalized spacial score (nSPS) is 17.7. The molecule has 3 N–H and O–H groups in total. The Morgan fingerprint density at radius 2 is 2.15 bits per heavy atom. The van der Waals surface area contributed by atoms with Crippen molar-refractivity contribution in [3.63, 3.8) is 0 Å². The zero-order valence-corrected chi connectivity index (χ0v) is 19.3. The molecule has 1 aromatic heterocycles. The first-order chi connectivity index (χ1) is 12.7. The monoisotopic (exact) mass is 499 g/mol. The number of halogens is 1. The second-order valence-corrected chi connectivity index (χ2v) is 7.84. The van der Waals surface area contributed by atoms with Crippen LogP contribution in [0.5, 0.6) is 0 Å². The fourth-order valence-electron chi connectivity index (χ4n) is 3.45. The van der Waals surface area contributed by atoms with Crippen molar-refractivity contribution in [1.82, 2.24) is 15.2 Å². The third-order valence-electron chi connectivity index (χ3n) is 4.97. The van der Waals surface area contributed by atoms with Gasteiger partial charge in [-0.25, -0.2) is 4.98 Å². The van der Waals surface area contributed by atoms with Gasteiger partial charge in [0.2, 0.25) is 0 Å². The van der Waals surface area contributed by atoms with Gasteiger partial charge in [0.1, 0.15) is 0 Å². The topological polar surface area (TPSA) is 66.5 Å². The highest BCUT2D eigenvalue weighted by molar-refractivity contribution is 14.0. The number of nitrogens with one attached hydrogen (secondary N) is 1. The van der Waals surface area contributed by atoms with Gasteiger partial charge in [-0.2, -0.15) is 0 Å². The number of aryl methyl sites for hydroxylation is 1. The van der Waals surface area contributed by atoms with E-state index in [2.05, 4.69) is 56.8 Å². The van der Waals surface area contributed by atoms with E-state index in [1.165, 1.54) is 30.5 Å². The number of aliphatic imine (C=N–C) groups is 1. The summed E-state index contributed by atoms with van der Waals surface area (Å²) >= 11 is 1.68. The highest BCUT2D eigenvalue weighted by atomic mass is 127. The van der Waals surface area contributed by atoms with E-state index in [-0.39, 0.29) is 24.0 Å². The Balaban J connectivity index is 0.00000261. The maximum Gasteiger partial charge on any atom is 0.188 e. The van der Waals surface area contributed by atoms with Crippen molar-refractivity contribution < 1.29 is 0 Å². The summed E-state index contributed by atoms with van der Waals surface area (Å²) in [5.41, 5.74) is 9.53. The van der Waals surface area contributed by atoms with E-state index < -0.39 is 0 Å². The Labute approximate surface area is 183 Å².